The second-order valence-electron chi connectivity index (χ2n) is 9.77. The molecule has 5 nitrogen and oxygen atoms in total. The van der Waals surface area contributed by atoms with Gasteiger partial charge in [0.1, 0.15) is 17.3 Å². The standard InChI is InChI=1S/C28H32FN5/c1-17(2)21-5-4-12-34(16-21)22-7-9-24(25(29)14-22)26-15-32-28(30)27(33-26)20-6-8-23-18(3)31-11-10-19(23)13-20/h6-9,13-15,17,21,31H,3-5,10-12,16H2,1-2H3,(H2,30,32). The predicted octanol–water partition coefficient (Wildman–Crippen LogP) is 5.52. The maximum absolute atomic E-state index is 15.3. The first kappa shape index (κ1) is 22.4. The van der Waals surface area contributed by atoms with Gasteiger partial charge in [-0.05, 0) is 60.9 Å². The van der Waals surface area contributed by atoms with Crippen LogP contribution < -0.4 is 16.0 Å². The van der Waals surface area contributed by atoms with Crippen molar-refractivity contribution in [2.75, 3.05) is 30.3 Å². The van der Waals surface area contributed by atoms with Crippen molar-refractivity contribution in [2.45, 2.75) is 33.1 Å². The Morgan fingerprint density at radius 3 is 2.79 bits per heavy atom. The average Bonchev–Trinajstić information content (AvgIpc) is 2.84. The summed E-state index contributed by atoms with van der Waals surface area (Å²) in [6.45, 7) is 11.4. The lowest BCUT2D eigenvalue weighted by molar-refractivity contribution is 0.321. The number of hydrogen-bond donors (Lipinski definition) is 2. The minimum absolute atomic E-state index is 0.290. The van der Waals surface area contributed by atoms with Crippen LogP contribution in [0.1, 0.15) is 37.8 Å². The summed E-state index contributed by atoms with van der Waals surface area (Å²) in [4.78, 5) is 11.4. The van der Waals surface area contributed by atoms with Crippen LogP contribution in [0.2, 0.25) is 0 Å². The van der Waals surface area contributed by atoms with Crippen LogP contribution in [0, 0.1) is 17.7 Å². The molecule has 0 amide bonds. The smallest absolute Gasteiger partial charge is 0.150 e. The molecular formula is C28H32FN5. The molecule has 3 heterocycles. The fraction of sp³-hybridized carbons (Fsp3) is 0.357. The summed E-state index contributed by atoms with van der Waals surface area (Å²) in [7, 11) is 0. The largest absolute Gasteiger partial charge is 0.385 e. The van der Waals surface area contributed by atoms with Gasteiger partial charge < -0.3 is 16.0 Å². The monoisotopic (exact) mass is 457 g/mol. The molecule has 2 aliphatic rings. The maximum Gasteiger partial charge on any atom is 0.150 e. The van der Waals surface area contributed by atoms with Gasteiger partial charge in [-0.15, -0.1) is 0 Å². The van der Waals surface area contributed by atoms with Gasteiger partial charge in [0.25, 0.3) is 0 Å². The molecular weight excluding hydrogens is 425 g/mol. The third-order valence-corrected chi connectivity index (χ3v) is 7.23. The molecule has 0 bridgehead atoms. The molecule has 0 radical (unpaired) electrons. The van der Waals surface area contributed by atoms with Gasteiger partial charge in [-0.25, -0.2) is 14.4 Å². The molecule has 1 unspecified atom stereocenters. The van der Waals surface area contributed by atoms with Crippen LogP contribution in [0.15, 0.2) is 49.2 Å². The number of halogens is 1. The first-order valence-electron chi connectivity index (χ1n) is 12.1. The minimum atomic E-state index is -0.290. The third-order valence-electron chi connectivity index (χ3n) is 7.23. The maximum atomic E-state index is 15.3. The van der Waals surface area contributed by atoms with Crippen molar-refractivity contribution < 1.29 is 4.39 Å². The van der Waals surface area contributed by atoms with E-state index in [1.165, 1.54) is 12.0 Å². The van der Waals surface area contributed by atoms with E-state index in [4.69, 9.17) is 10.7 Å². The lowest BCUT2D eigenvalue weighted by atomic mass is 9.87. The Morgan fingerprint density at radius 2 is 2.00 bits per heavy atom. The molecule has 0 aliphatic carbocycles. The average molecular weight is 458 g/mol. The van der Waals surface area contributed by atoms with E-state index in [0.29, 0.717) is 34.6 Å². The summed E-state index contributed by atoms with van der Waals surface area (Å²) in [6.07, 6.45) is 4.84. The second kappa shape index (κ2) is 9.09. The molecule has 6 heteroatoms. The van der Waals surface area contributed by atoms with Crippen LogP contribution >= 0.6 is 0 Å². The number of nitrogens with one attached hydrogen (secondary N) is 1. The zero-order chi connectivity index (χ0) is 23.8. The summed E-state index contributed by atoms with van der Waals surface area (Å²) >= 11 is 0. The van der Waals surface area contributed by atoms with Crippen molar-refractivity contribution in [3.8, 4) is 22.5 Å². The van der Waals surface area contributed by atoms with Crippen molar-refractivity contribution in [1.29, 1.82) is 0 Å². The van der Waals surface area contributed by atoms with Crippen molar-refractivity contribution in [3.63, 3.8) is 0 Å². The van der Waals surface area contributed by atoms with E-state index in [9.17, 15) is 0 Å². The first-order chi connectivity index (χ1) is 16.4. The number of fused-ring (bicyclic) bond motifs is 1. The van der Waals surface area contributed by atoms with Gasteiger partial charge in [0, 0.05) is 47.7 Å². The number of aromatic nitrogens is 2. The van der Waals surface area contributed by atoms with Gasteiger partial charge in [-0.1, -0.05) is 32.6 Å². The van der Waals surface area contributed by atoms with E-state index in [1.807, 2.05) is 24.3 Å². The lowest BCUT2D eigenvalue weighted by Crippen LogP contribution is -2.37. The van der Waals surface area contributed by atoms with Crippen LogP contribution in [-0.4, -0.2) is 29.6 Å². The molecule has 176 valence electrons. The topological polar surface area (TPSA) is 67.1 Å². The van der Waals surface area contributed by atoms with Gasteiger partial charge in [-0.3, -0.25) is 0 Å². The van der Waals surface area contributed by atoms with E-state index in [1.54, 1.807) is 12.3 Å². The fourth-order valence-corrected chi connectivity index (χ4v) is 5.12. The molecule has 1 fully saturated rings. The molecule has 1 atom stereocenters. The Balaban J connectivity index is 1.45. The quantitative estimate of drug-likeness (QED) is 0.540. The Morgan fingerprint density at radius 1 is 1.18 bits per heavy atom. The second-order valence-corrected chi connectivity index (χ2v) is 9.77. The van der Waals surface area contributed by atoms with Gasteiger partial charge in [0.05, 0.1) is 11.9 Å². The van der Waals surface area contributed by atoms with Crippen molar-refractivity contribution in [3.05, 3.63) is 66.1 Å². The normalized spacial score (nSPS) is 18.1. The number of nitrogens with zero attached hydrogens (tertiary/aromatic N) is 3. The number of rotatable bonds is 4. The first-order valence-corrected chi connectivity index (χ1v) is 12.1. The van der Waals surface area contributed by atoms with Gasteiger partial charge >= 0.3 is 0 Å². The molecule has 2 aliphatic heterocycles. The van der Waals surface area contributed by atoms with E-state index in [2.05, 4.69) is 41.7 Å². The molecule has 2 aromatic carbocycles. The summed E-state index contributed by atoms with van der Waals surface area (Å²) in [6, 6.07) is 11.5. The van der Waals surface area contributed by atoms with Crippen LogP contribution in [0.3, 0.4) is 0 Å². The van der Waals surface area contributed by atoms with Crippen LogP contribution in [-0.2, 0) is 6.42 Å². The van der Waals surface area contributed by atoms with E-state index in [0.717, 1.165) is 55.0 Å². The van der Waals surface area contributed by atoms with E-state index >= 15 is 4.39 Å². The third kappa shape index (κ3) is 4.25. The number of benzene rings is 2. The number of piperidine rings is 1. The Hall–Kier alpha value is -3.41. The molecule has 1 saturated heterocycles. The van der Waals surface area contributed by atoms with Gasteiger partial charge in [-0.2, -0.15) is 0 Å². The molecule has 1 aromatic heterocycles. The number of nitrogen functional groups attached to an aromatic ring is 1. The molecule has 3 aromatic rings. The van der Waals surface area contributed by atoms with Crippen LogP contribution in [0.4, 0.5) is 15.9 Å². The van der Waals surface area contributed by atoms with E-state index in [-0.39, 0.29) is 5.82 Å². The molecule has 5 rings (SSSR count). The minimum Gasteiger partial charge on any atom is -0.385 e. The van der Waals surface area contributed by atoms with E-state index < -0.39 is 0 Å². The summed E-state index contributed by atoms with van der Waals surface area (Å²) in [5.74, 6) is 1.32. The van der Waals surface area contributed by atoms with Crippen molar-refractivity contribution in [2.24, 2.45) is 11.8 Å². The van der Waals surface area contributed by atoms with Crippen molar-refractivity contribution >= 4 is 17.2 Å². The summed E-state index contributed by atoms with van der Waals surface area (Å²) in [5.41, 5.74) is 12.7. The molecule has 0 spiro atoms. The Labute approximate surface area is 200 Å². The molecule has 3 N–H and O–H groups in total. The predicted molar refractivity (Wildman–Crippen MR) is 138 cm³/mol. The molecule has 34 heavy (non-hydrogen) atoms. The Kier molecular flexibility index (Phi) is 5.98. The highest BCUT2D eigenvalue weighted by molar-refractivity contribution is 5.77. The Bertz CT molecular complexity index is 1240. The zero-order valence-corrected chi connectivity index (χ0v) is 19.9. The fourth-order valence-electron chi connectivity index (χ4n) is 5.12. The number of hydrogen-bond acceptors (Lipinski definition) is 5. The summed E-state index contributed by atoms with van der Waals surface area (Å²) < 4.78 is 15.3. The number of nitrogens with two attached hydrogens (primary N) is 1. The highest BCUT2D eigenvalue weighted by Gasteiger charge is 2.23. The van der Waals surface area contributed by atoms with Gasteiger partial charge in [0.15, 0.2) is 0 Å². The van der Waals surface area contributed by atoms with Crippen molar-refractivity contribution in [1.82, 2.24) is 15.3 Å². The van der Waals surface area contributed by atoms with Gasteiger partial charge in [0.2, 0.25) is 0 Å². The van der Waals surface area contributed by atoms with Crippen LogP contribution in [0.5, 0.6) is 0 Å². The zero-order valence-electron chi connectivity index (χ0n) is 19.9. The SMILES string of the molecule is C=C1NCCc2cc(-c3nc(-c4ccc(N5CCCC(C(C)C)C5)cc4F)cnc3N)ccc21. The lowest BCUT2D eigenvalue weighted by Gasteiger charge is -2.36. The molecule has 0 saturated carbocycles. The highest BCUT2D eigenvalue weighted by atomic mass is 19.1. The summed E-state index contributed by atoms with van der Waals surface area (Å²) in [5, 5.41) is 3.29. The highest BCUT2D eigenvalue weighted by Crippen LogP contribution is 2.33. The van der Waals surface area contributed by atoms with Crippen LogP contribution in [0.25, 0.3) is 28.2 Å². The number of anilines is 2.